The van der Waals surface area contributed by atoms with E-state index in [4.69, 9.17) is 0 Å². The predicted octanol–water partition coefficient (Wildman–Crippen LogP) is 18.8. The Bertz CT molecular complexity index is 3980. The Balaban J connectivity index is 0.921. The smallest absolute Gasteiger partial charge is 0.0540 e. The summed E-state index contributed by atoms with van der Waals surface area (Å²) in [5.74, 6) is 0.252. The van der Waals surface area contributed by atoms with Gasteiger partial charge in [-0.1, -0.05) is 170 Å². The van der Waals surface area contributed by atoms with Crippen LogP contribution in [0.25, 0.3) is 69.2 Å². The first-order chi connectivity index (χ1) is 33.7. The fourth-order valence-electron chi connectivity index (χ4n) is 11.1. The molecule has 68 heavy (non-hydrogen) atoms. The number of para-hydroxylation sites is 2. The lowest BCUT2D eigenvalue weighted by Gasteiger charge is -2.30. The quantitative estimate of drug-likeness (QED) is 0.140. The minimum atomic E-state index is 0.252. The number of anilines is 6. The molecular weight excluding hydrogens is 861 g/mol. The van der Waals surface area contributed by atoms with Crippen LogP contribution >= 0.6 is 23.1 Å². The average Bonchev–Trinajstić information content (AvgIpc) is 3.99. The van der Waals surface area contributed by atoms with Crippen LogP contribution in [0.4, 0.5) is 34.1 Å². The van der Waals surface area contributed by atoms with E-state index < -0.39 is 0 Å². The zero-order valence-electron chi connectivity index (χ0n) is 37.0. The molecule has 0 N–H and O–H groups in total. The Morgan fingerprint density at radius 2 is 0.985 bits per heavy atom. The third-order valence-corrected chi connectivity index (χ3v) is 16.8. The standard InChI is InChI=1S/C64H42N2S2/c1-3-17-45(18-4-1)65(47-21-11-15-43(39-47)49-25-13-27-53-51-23-7-9-29-59(51)67-63(49)53)57-37-33-41-32-36-56-58(38-34-42-31-35-55(57)61(41)62(42)56)66(46-19-5-2-6-20-46)48-22-12-16-44(40-48)50-26-14-28-54-52-24-8-10-30-60(52)68-64(50)54/h1-40,49,63H. The minimum Gasteiger partial charge on any atom is -0.310 e. The molecule has 11 aromatic carbocycles. The van der Waals surface area contributed by atoms with Gasteiger partial charge in [0.05, 0.1) is 11.4 Å². The van der Waals surface area contributed by atoms with Crippen molar-refractivity contribution in [1.82, 2.24) is 0 Å². The van der Waals surface area contributed by atoms with Crippen molar-refractivity contribution in [1.29, 1.82) is 0 Å². The van der Waals surface area contributed by atoms with Crippen LogP contribution in [0.2, 0.25) is 0 Å². The Kier molecular flexibility index (Phi) is 9.18. The maximum atomic E-state index is 2.47. The number of allylic oxidation sites excluding steroid dienone is 3. The normalized spacial score (nSPS) is 15.3. The molecule has 4 heteroatoms. The van der Waals surface area contributed by atoms with Gasteiger partial charge in [-0.15, -0.1) is 23.1 Å². The van der Waals surface area contributed by atoms with Crippen molar-refractivity contribution in [3.05, 3.63) is 254 Å². The highest BCUT2D eigenvalue weighted by molar-refractivity contribution is 8.01. The number of hydrogen-bond donors (Lipinski definition) is 0. The van der Waals surface area contributed by atoms with Gasteiger partial charge >= 0.3 is 0 Å². The molecule has 0 amide bonds. The van der Waals surface area contributed by atoms with Gasteiger partial charge < -0.3 is 9.80 Å². The molecule has 1 aliphatic carbocycles. The fourth-order valence-corrected chi connectivity index (χ4v) is 13.8. The summed E-state index contributed by atoms with van der Waals surface area (Å²) in [4.78, 5) is 6.29. The molecule has 1 aromatic heterocycles. The first-order valence-corrected chi connectivity index (χ1v) is 25.1. The molecule has 0 bridgehead atoms. The van der Waals surface area contributed by atoms with Crippen LogP contribution < -0.4 is 9.80 Å². The van der Waals surface area contributed by atoms with Crippen LogP contribution in [0.3, 0.4) is 0 Å². The Morgan fingerprint density at radius 1 is 0.412 bits per heavy atom. The molecule has 2 atom stereocenters. The van der Waals surface area contributed by atoms with Gasteiger partial charge in [-0.2, -0.15) is 0 Å². The number of thioether (sulfide) groups is 1. The molecule has 2 unspecified atom stereocenters. The Labute approximate surface area is 403 Å². The van der Waals surface area contributed by atoms with E-state index in [1.54, 1.807) is 0 Å². The number of rotatable bonds is 8. The van der Waals surface area contributed by atoms with Crippen molar-refractivity contribution >= 4 is 115 Å². The van der Waals surface area contributed by atoms with Gasteiger partial charge in [-0.25, -0.2) is 0 Å². The van der Waals surface area contributed by atoms with Gasteiger partial charge in [-0.05, 0) is 122 Å². The summed E-state index contributed by atoms with van der Waals surface area (Å²) in [5, 5.41) is 10.4. The number of thiophene rings is 1. The maximum absolute atomic E-state index is 2.47. The summed E-state index contributed by atoms with van der Waals surface area (Å²) in [6.45, 7) is 0. The Morgan fingerprint density at radius 3 is 1.72 bits per heavy atom. The number of nitrogens with zero attached hydrogens (tertiary/aromatic N) is 2. The maximum Gasteiger partial charge on any atom is 0.0540 e. The summed E-state index contributed by atoms with van der Waals surface area (Å²) in [5.41, 5.74) is 13.4. The van der Waals surface area contributed by atoms with Crippen molar-refractivity contribution in [3.8, 4) is 11.1 Å². The molecule has 0 saturated heterocycles. The van der Waals surface area contributed by atoms with E-state index in [-0.39, 0.29) is 5.92 Å². The molecule has 1 aliphatic heterocycles. The predicted molar refractivity (Wildman–Crippen MR) is 294 cm³/mol. The molecule has 2 nitrogen and oxygen atoms in total. The van der Waals surface area contributed by atoms with E-state index in [0.717, 1.165) is 34.1 Å². The lowest BCUT2D eigenvalue weighted by Crippen LogP contribution is -2.16. The summed E-state index contributed by atoms with van der Waals surface area (Å²) in [7, 11) is 0. The topological polar surface area (TPSA) is 6.48 Å². The molecule has 14 rings (SSSR count). The van der Waals surface area contributed by atoms with Gasteiger partial charge in [0.15, 0.2) is 0 Å². The Hall–Kier alpha value is -7.89. The third kappa shape index (κ3) is 6.25. The summed E-state index contributed by atoms with van der Waals surface area (Å²) in [6, 6.07) is 83.1. The highest BCUT2D eigenvalue weighted by Crippen LogP contribution is 2.54. The molecular formula is C64H42N2S2. The SMILES string of the molecule is C1=CC(c2cccc(N(c3ccccc3)c3ccc4ccc5c(N(c6ccccc6)c6cccc(-c7cccc8c7sc7ccccc78)c6)ccc6ccc3c4c65)c2)C2Sc3ccccc3C2=C1. The van der Waals surface area contributed by atoms with Crippen molar-refractivity contribution in [2.24, 2.45) is 0 Å². The van der Waals surface area contributed by atoms with Crippen LogP contribution in [0, 0.1) is 0 Å². The van der Waals surface area contributed by atoms with Crippen LogP contribution in [0.1, 0.15) is 17.0 Å². The van der Waals surface area contributed by atoms with Gasteiger partial charge in [-0.3, -0.25) is 0 Å². The molecule has 2 heterocycles. The van der Waals surface area contributed by atoms with E-state index in [0.29, 0.717) is 5.25 Å². The lowest BCUT2D eigenvalue weighted by atomic mass is 9.85. The summed E-state index contributed by atoms with van der Waals surface area (Å²) >= 11 is 3.88. The number of hydrogen-bond acceptors (Lipinski definition) is 4. The molecule has 0 spiro atoms. The van der Waals surface area contributed by atoms with Crippen LogP contribution in [-0.4, -0.2) is 5.25 Å². The first kappa shape index (κ1) is 39.3. The molecule has 0 fully saturated rings. The van der Waals surface area contributed by atoms with Crippen LogP contribution in [-0.2, 0) is 0 Å². The van der Waals surface area contributed by atoms with Crippen molar-refractivity contribution in [3.63, 3.8) is 0 Å². The van der Waals surface area contributed by atoms with Crippen LogP contribution in [0.5, 0.6) is 0 Å². The zero-order valence-corrected chi connectivity index (χ0v) is 38.6. The van der Waals surface area contributed by atoms with E-state index in [2.05, 4.69) is 252 Å². The molecule has 12 aromatic rings. The summed E-state index contributed by atoms with van der Waals surface area (Å²) < 4.78 is 2.64. The van der Waals surface area contributed by atoms with Crippen molar-refractivity contribution in [2.45, 2.75) is 16.1 Å². The first-order valence-electron chi connectivity index (χ1n) is 23.4. The highest BCUT2D eigenvalue weighted by atomic mass is 32.2. The van der Waals surface area contributed by atoms with Crippen LogP contribution in [0.15, 0.2) is 248 Å². The van der Waals surface area contributed by atoms with Gasteiger partial charge in [0, 0.05) is 69.8 Å². The number of fused-ring (bicyclic) bond motifs is 6. The molecule has 320 valence electrons. The lowest BCUT2D eigenvalue weighted by molar-refractivity contribution is 0.891. The third-order valence-electron chi connectivity index (χ3n) is 14.1. The largest absolute Gasteiger partial charge is 0.310 e. The van der Waals surface area contributed by atoms with Gasteiger partial charge in [0.25, 0.3) is 0 Å². The second kappa shape index (κ2) is 15.9. The van der Waals surface area contributed by atoms with Gasteiger partial charge in [0.2, 0.25) is 0 Å². The minimum absolute atomic E-state index is 0.252. The highest BCUT2D eigenvalue weighted by Gasteiger charge is 2.35. The average molecular weight is 903 g/mol. The monoisotopic (exact) mass is 902 g/mol. The fraction of sp³-hybridized carbons (Fsp3) is 0.0312. The second-order valence-electron chi connectivity index (χ2n) is 17.9. The molecule has 0 radical (unpaired) electrons. The molecule has 2 aliphatic rings. The van der Waals surface area contributed by atoms with E-state index >= 15 is 0 Å². The van der Waals surface area contributed by atoms with E-state index in [1.807, 2.05) is 23.1 Å². The van der Waals surface area contributed by atoms with Crippen molar-refractivity contribution < 1.29 is 0 Å². The zero-order chi connectivity index (χ0) is 44.7. The number of benzene rings is 11. The van der Waals surface area contributed by atoms with E-state index in [9.17, 15) is 0 Å². The molecule has 0 saturated carbocycles. The van der Waals surface area contributed by atoms with Crippen molar-refractivity contribution in [2.75, 3.05) is 9.80 Å². The van der Waals surface area contributed by atoms with Gasteiger partial charge in [0.1, 0.15) is 0 Å². The second-order valence-corrected chi connectivity index (χ2v) is 20.2. The van der Waals surface area contributed by atoms with E-state index in [1.165, 1.54) is 85.2 Å². The summed E-state index contributed by atoms with van der Waals surface area (Å²) in [6.07, 6.45) is 6.98.